The van der Waals surface area contributed by atoms with Gasteiger partial charge in [-0.1, -0.05) is 45.6 Å². The van der Waals surface area contributed by atoms with Gasteiger partial charge in [0.2, 0.25) is 11.2 Å². The molecule has 0 fully saturated rings. The Morgan fingerprint density at radius 1 is 0.662 bits per heavy atom. The van der Waals surface area contributed by atoms with Gasteiger partial charge in [0.1, 0.15) is 45.7 Å². The lowest BCUT2D eigenvalue weighted by Gasteiger charge is -2.29. The Morgan fingerprint density at radius 2 is 1.14 bits per heavy atom. The van der Waals surface area contributed by atoms with Gasteiger partial charge in [0.15, 0.2) is 11.6 Å². The molecule has 0 radical (unpaired) electrons. The van der Waals surface area contributed by atoms with Crippen LogP contribution in [0.2, 0.25) is 5.28 Å². The summed E-state index contributed by atoms with van der Waals surface area (Å²) in [4.78, 5) is 25.3. The van der Waals surface area contributed by atoms with Crippen molar-refractivity contribution in [2.24, 2.45) is 5.73 Å². The van der Waals surface area contributed by atoms with Crippen molar-refractivity contribution in [3.8, 4) is 23.0 Å². The minimum atomic E-state index is -0.593. The molecule has 0 unspecified atom stereocenters. The number of nitrogens with one attached hydrogen (secondary N) is 3. The number of hydrogen-bond acceptors (Lipinski definition) is 16. The summed E-state index contributed by atoms with van der Waals surface area (Å²) in [5.74, 6) is 3.08. The SMILES string of the molecule is CCCC[C@](C)(CO)Nc1nc(Cl)nc2cc(F)cnc12.CCCC[C@](C)(CO)Nc1nc(NCc2ccc(OC)cc2OC)nc2cc(F)cnc12.COc1ccc(CN)c(OC)c1. The molecule has 0 aliphatic carbocycles. The van der Waals surface area contributed by atoms with Crippen LogP contribution in [0.15, 0.2) is 60.9 Å². The normalized spacial score (nSPS) is 12.7. The first-order valence-electron chi connectivity index (χ1n) is 21.2. The number of unbranched alkanes of at least 4 members (excludes halogenated alkanes) is 2. The molecule has 19 heteroatoms. The van der Waals surface area contributed by atoms with Gasteiger partial charge in [0, 0.05) is 48.5 Å². The highest BCUT2D eigenvalue weighted by molar-refractivity contribution is 6.28. The number of anilines is 3. The second-order valence-corrected chi connectivity index (χ2v) is 15.9. The minimum Gasteiger partial charge on any atom is -0.497 e. The molecule has 0 spiro atoms. The molecule has 0 saturated carbocycles. The average Bonchev–Trinajstić information content (AvgIpc) is 3.31. The van der Waals surface area contributed by atoms with Crippen LogP contribution in [0.25, 0.3) is 22.1 Å². The van der Waals surface area contributed by atoms with Gasteiger partial charge in [-0.2, -0.15) is 9.97 Å². The average molecular weight is 924 g/mol. The topological polar surface area (TPSA) is 217 Å². The van der Waals surface area contributed by atoms with Gasteiger partial charge in [-0.25, -0.2) is 28.7 Å². The van der Waals surface area contributed by atoms with Gasteiger partial charge >= 0.3 is 0 Å². The number of aliphatic hydroxyl groups is 2. The number of benzene rings is 2. The molecule has 0 aliphatic heterocycles. The molecule has 0 amide bonds. The van der Waals surface area contributed by atoms with Crippen molar-refractivity contribution in [2.45, 2.75) is 90.4 Å². The summed E-state index contributed by atoms with van der Waals surface area (Å²) in [5, 5.41) is 29.3. The van der Waals surface area contributed by atoms with Crippen LogP contribution in [0, 0.1) is 11.6 Å². The largest absolute Gasteiger partial charge is 0.497 e. The Bertz CT molecular complexity index is 2450. The summed E-state index contributed by atoms with van der Waals surface area (Å²) < 4.78 is 47.9. The zero-order valence-corrected chi connectivity index (χ0v) is 39.0. The van der Waals surface area contributed by atoms with Gasteiger partial charge < -0.3 is 50.8 Å². The lowest BCUT2D eigenvalue weighted by molar-refractivity contribution is 0.212. The summed E-state index contributed by atoms with van der Waals surface area (Å²) in [6.45, 7) is 8.73. The van der Waals surface area contributed by atoms with Crippen LogP contribution in [0.3, 0.4) is 0 Å². The quantitative estimate of drug-likeness (QED) is 0.0396. The Kier molecular flexibility index (Phi) is 19.8. The Balaban J connectivity index is 0.000000239. The van der Waals surface area contributed by atoms with Crippen molar-refractivity contribution in [1.82, 2.24) is 29.9 Å². The van der Waals surface area contributed by atoms with Crippen molar-refractivity contribution < 1.29 is 37.9 Å². The second kappa shape index (κ2) is 24.9. The molecule has 2 atom stereocenters. The number of halogens is 3. The monoisotopic (exact) mass is 922 g/mol. The van der Waals surface area contributed by atoms with Crippen LogP contribution in [0.5, 0.6) is 23.0 Å². The van der Waals surface area contributed by atoms with E-state index >= 15 is 0 Å². The first-order valence-corrected chi connectivity index (χ1v) is 21.5. The first kappa shape index (κ1) is 51.7. The van der Waals surface area contributed by atoms with Gasteiger partial charge in [0.25, 0.3) is 0 Å². The lowest BCUT2D eigenvalue weighted by atomic mass is 9.96. The molecule has 6 aromatic rings. The number of nitrogens with zero attached hydrogens (tertiary/aromatic N) is 6. The summed E-state index contributed by atoms with van der Waals surface area (Å²) in [5.41, 5.74) is 7.78. The first-order chi connectivity index (χ1) is 31.2. The van der Waals surface area contributed by atoms with E-state index in [-0.39, 0.29) is 18.5 Å². The number of methoxy groups -OCH3 is 4. The molecule has 0 aliphatic rings. The summed E-state index contributed by atoms with van der Waals surface area (Å²) in [7, 11) is 6.43. The zero-order valence-electron chi connectivity index (χ0n) is 38.3. The highest BCUT2D eigenvalue weighted by Crippen LogP contribution is 2.30. The molecule has 4 heterocycles. The standard InChI is InChI=1S/C23H30FN5O3.C14H18ClFN4O.C9H13NO2/c1-5-6-9-23(2,14-30)29-21-20-18(10-16(24)13-25-20)27-22(28-21)26-12-15-7-8-17(31-3)11-19(15)32-4;1-3-4-5-14(2,8-21)20-12-11-10(18-13(15)19-12)6-9(16)7-17-11;1-11-8-4-3-7(6-10)9(5-8)12-2/h7-8,10-11,13,30H,5-6,9,12,14H2,1-4H3,(H2,26,27,28,29);6-7,21H,3-5,8H2,1-2H3,(H,18,19,20);3-5H,6,10H2,1-2H3/t23-;14-;/m11./s1. The molecule has 65 heavy (non-hydrogen) atoms. The summed E-state index contributed by atoms with van der Waals surface area (Å²) >= 11 is 5.88. The van der Waals surface area contributed by atoms with Crippen LogP contribution in [-0.4, -0.2) is 92.8 Å². The molecule has 0 saturated heterocycles. The summed E-state index contributed by atoms with van der Waals surface area (Å²) in [6.07, 6.45) is 7.68. The van der Waals surface area contributed by atoms with E-state index in [0.717, 1.165) is 73.5 Å². The van der Waals surface area contributed by atoms with Gasteiger partial charge in [-0.05, 0) is 56.5 Å². The van der Waals surface area contributed by atoms with E-state index in [0.29, 0.717) is 64.2 Å². The van der Waals surface area contributed by atoms with E-state index in [4.69, 9.17) is 36.3 Å². The van der Waals surface area contributed by atoms with Crippen LogP contribution >= 0.6 is 11.6 Å². The number of ether oxygens (including phenoxy) is 4. The van der Waals surface area contributed by atoms with Gasteiger partial charge in [0.05, 0.1) is 76.2 Å². The predicted molar refractivity (Wildman–Crippen MR) is 251 cm³/mol. The molecular formula is C46H61ClF2N10O6. The Hall–Kier alpha value is -5.95. The van der Waals surface area contributed by atoms with E-state index in [1.54, 1.807) is 34.5 Å². The smallest absolute Gasteiger partial charge is 0.225 e. The molecule has 16 nitrogen and oxygen atoms in total. The maximum absolute atomic E-state index is 13.9. The summed E-state index contributed by atoms with van der Waals surface area (Å²) in [6, 6.07) is 13.7. The van der Waals surface area contributed by atoms with Crippen LogP contribution in [-0.2, 0) is 13.1 Å². The Labute approximate surface area is 383 Å². The molecular weight excluding hydrogens is 862 g/mol. The number of aliphatic hydroxyl groups excluding tert-OH is 2. The number of pyridine rings is 2. The highest BCUT2D eigenvalue weighted by Gasteiger charge is 2.26. The van der Waals surface area contributed by atoms with Crippen molar-refractivity contribution in [2.75, 3.05) is 57.6 Å². The van der Waals surface area contributed by atoms with Crippen LogP contribution in [0.4, 0.5) is 26.4 Å². The maximum atomic E-state index is 13.9. The molecule has 4 aromatic heterocycles. The number of rotatable bonds is 20. The van der Waals surface area contributed by atoms with Gasteiger partial charge in [-0.15, -0.1) is 0 Å². The van der Waals surface area contributed by atoms with Gasteiger partial charge in [-0.3, -0.25) is 0 Å². The lowest BCUT2D eigenvalue weighted by Crippen LogP contribution is -2.39. The van der Waals surface area contributed by atoms with E-state index in [9.17, 15) is 19.0 Å². The van der Waals surface area contributed by atoms with E-state index in [1.807, 2.05) is 44.2 Å². The van der Waals surface area contributed by atoms with Crippen molar-refractivity contribution in [1.29, 1.82) is 0 Å². The van der Waals surface area contributed by atoms with Crippen LogP contribution < -0.4 is 40.6 Å². The van der Waals surface area contributed by atoms with Crippen molar-refractivity contribution in [3.05, 3.63) is 89.0 Å². The maximum Gasteiger partial charge on any atom is 0.225 e. The predicted octanol–water partition coefficient (Wildman–Crippen LogP) is 8.48. The number of hydrogen-bond donors (Lipinski definition) is 6. The molecule has 352 valence electrons. The van der Waals surface area contributed by atoms with E-state index < -0.39 is 22.7 Å². The van der Waals surface area contributed by atoms with E-state index in [1.165, 1.54) is 12.1 Å². The Morgan fingerprint density at radius 3 is 1.60 bits per heavy atom. The van der Waals surface area contributed by atoms with Crippen molar-refractivity contribution in [3.63, 3.8) is 0 Å². The number of fused-ring (bicyclic) bond motifs is 2. The molecule has 0 bridgehead atoms. The molecule has 2 aromatic carbocycles. The third kappa shape index (κ3) is 14.8. The highest BCUT2D eigenvalue weighted by atomic mass is 35.5. The van der Waals surface area contributed by atoms with Crippen LogP contribution in [0.1, 0.15) is 77.3 Å². The molecule has 6 rings (SSSR count). The fourth-order valence-corrected chi connectivity index (χ4v) is 6.65. The fraction of sp³-hybridized carbons (Fsp3) is 0.435. The number of aromatic nitrogens is 6. The third-order valence-electron chi connectivity index (χ3n) is 10.3. The third-order valence-corrected chi connectivity index (χ3v) is 10.5. The minimum absolute atomic E-state index is 0.00758. The second-order valence-electron chi connectivity index (χ2n) is 15.6. The fourth-order valence-electron chi connectivity index (χ4n) is 6.47. The number of nitrogens with two attached hydrogens (primary N) is 1. The molecule has 7 N–H and O–H groups in total. The van der Waals surface area contributed by atoms with Crippen molar-refractivity contribution >= 4 is 51.3 Å². The zero-order chi connectivity index (χ0) is 47.6. The van der Waals surface area contributed by atoms with E-state index in [2.05, 4.69) is 59.7 Å².